The molecule has 6 nitrogen and oxygen atoms in total. The van der Waals surface area contributed by atoms with Gasteiger partial charge in [-0.3, -0.25) is 5.43 Å². The van der Waals surface area contributed by atoms with E-state index in [-0.39, 0.29) is 0 Å². The molecule has 0 amide bonds. The van der Waals surface area contributed by atoms with E-state index >= 15 is 0 Å². The topological polar surface area (TPSA) is 76.2 Å². The summed E-state index contributed by atoms with van der Waals surface area (Å²) >= 11 is 0. The first-order valence-corrected chi connectivity index (χ1v) is 8.10. The zero-order valence-electron chi connectivity index (χ0n) is 15.1. The van der Waals surface area contributed by atoms with Gasteiger partial charge in [0.1, 0.15) is 11.6 Å². The summed E-state index contributed by atoms with van der Waals surface area (Å²) in [7, 11) is 0. The smallest absolute Gasteiger partial charge is 0.150 e. The van der Waals surface area contributed by atoms with Gasteiger partial charge in [-0.2, -0.15) is 5.10 Å². The van der Waals surface area contributed by atoms with Crippen LogP contribution in [0.4, 0.5) is 5.82 Å². The number of nitrogens with zero attached hydrogens (tertiary/aromatic N) is 4. The third-order valence-electron chi connectivity index (χ3n) is 3.93. The Hall–Kier alpha value is -3.02. The van der Waals surface area contributed by atoms with Crippen LogP contribution in [0.5, 0.6) is 0 Å². The fourth-order valence-corrected chi connectivity index (χ4v) is 2.60. The summed E-state index contributed by atoms with van der Waals surface area (Å²) in [6.07, 6.45) is 0. The van der Waals surface area contributed by atoms with Gasteiger partial charge in [0.05, 0.1) is 22.7 Å². The van der Waals surface area contributed by atoms with Crippen molar-refractivity contribution in [1.29, 1.82) is 0 Å². The van der Waals surface area contributed by atoms with Crippen molar-refractivity contribution < 1.29 is 4.52 Å². The Morgan fingerprint density at radius 1 is 1.04 bits per heavy atom. The Bertz CT molecular complexity index is 906. The summed E-state index contributed by atoms with van der Waals surface area (Å²) in [6.45, 7) is 9.65. The summed E-state index contributed by atoms with van der Waals surface area (Å²) < 4.78 is 5.24. The number of hydrazone groups is 1. The highest BCUT2D eigenvalue weighted by Gasteiger charge is 2.14. The molecule has 2 heterocycles. The minimum absolute atomic E-state index is 0.633. The van der Waals surface area contributed by atoms with Gasteiger partial charge in [-0.05, 0) is 40.2 Å². The molecule has 1 aromatic carbocycles. The van der Waals surface area contributed by atoms with Gasteiger partial charge in [0.15, 0.2) is 5.82 Å². The van der Waals surface area contributed by atoms with Gasteiger partial charge in [0.2, 0.25) is 0 Å². The van der Waals surface area contributed by atoms with E-state index in [0.717, 1.165) is 34.0 Å². The van der Waals surface area contributed by atoms with Gasteiger partial charge in [-0.1, -0.05) is 35.0 Å². The number of hydrogen-bond donors (Lipinski definition) is 1. The molecular formula is C19H21N5O. The maximum absolute atomic E-state index is 5.24. The lowest BCUT2D eigenvalue weighted by atomic mass is 10.1. The van der Waals surface area contributed by atoms with Crippen LogP contribution in [-0.4, -0.2) is 20.8 Å². The molecule has 0 aliphatic rings. The summed E-state index contributed by atoms with van der Waals surface area (Å²) in [5, 5.41) is 8.43. The molecule has 0 spiro atoms. The number of benzene rings is 1. The number of rotatable bonds is 4. The van der Waals surface area contributed by atoms with E-state index in [1.165, 1.54) is 5.56 Å². The summed E-state index contributed by atoms with van der Waals surface area (Å²) in [6, 6.07) is 10.1. The first kappa shape index (κ1) is 16.8. The van der Waals surface area contributed by atoms with Gasteiger partial charge in [0.25, 0.3) is 0 Å². The highest BCUT2D eigenvalue weighted by Crippen LogP contribution is 2.26. The molecule has 3 rings (SSSR count). The summed E-state index contributed by atoms with van der Waals surface area (Å²) in [4.78, 5) is 8.90. The molecular weight excluding hydrogens is 314 g/mol. The van der Waals surface area contributed by atoms with Crippen LogP contribution in [-0.2, 0) is 0 Å². The van der Waals surface area contributed by atoms with Gasteiger partial charge < -0.3 is 4.52 Å². The van der Waals surface area contributed by atoms with Crippen molar-refractivity contribution in [2.24, 2.45) is 5.10 Å². The van der Waals surface area contributed by atoms with Gasteiger partial charge in [-0.15, -0.1) is 0 Å². The van der Waals surface area contributed by atoms with E-state index < -0.39 is 0 Å². The van der Waals surface area contributed by atoms with Crippen molar-refractivity contribution >= 4 is 11.5 Å². The molecule has 0 atom stereocenters. The van der Waals surface area contributed by atoms with Crippen LogP contribution >= 0.6 is 0 Å². The van der Waals surface area contributed by atoms with Crippen LogP contribution in [0.15, 0.2) is 40.0 Å². The molecule has 0 saturated carbocycles. The number of aryl methyl sites for hydroxylation is 4. The van der Waals surface area contributed by atoms with Crippen LogP contribution in [0.25, 0.3) is 11.3 Å². The predicted octanol–water partition coefficient (Wildman–Crippen LogP) is 4.20. The molecule has 0 saturated heterocycles. The molecule has 0 bridgehead atoms. The SMILES string of the molecule is CC(=NNc1cc(-c2c(C)noc2C)nc(C)n1)c1ccc(C)cc1. The number of aromatic nitrogens is 3. The summed E-state index contributed by atoms with van der Waals surface area (Å²) in [5.74, 6) is 2.03. The molecule has 0 fully saturated rings. The zero-order chi connectivity index (χ0) is 18.0. The average Bonchev–Trinajstić information content (AvgIpc) is 2.91. The quantitative estimate of drug-likeness (QED) is 0.571. The van der Waals surface area contributed by atoms with Crippen LogP contribution < -0.4 is 5.43 Å². The number of nitrogens with one attached hydrogen (secondary N) is 1. The molecule has 2 aromatic heterocycles. The normalized spacial score (nSPS) is 11.6. The van der Waals surface area contributed by atoms with E-state index in [2.05, 4.69) is 56.8 Å². The molecule has 25 heavy (non-hydrogen) atoms. The maximum Gasteiger partial charge on any atom is 0.150 e. The van der Waals surface area contributed by atoms with Gasteiger partial charge in [0, 0.05) is 6.07 Å². The fourth-order valence-electron chi connectivity index (χ4n) is 2.60. The highest BCUT2D eigenvalue weighted by atomic mass is 16.5. The first-order chi connectivity index (χ1) is 11.9. The first-order valence-electron chi connectivity index (χ1n) is 8.10. The number of hydrogen-bond acceptors (Lipinski definition) is 6. The Balaban J connectivity index is 1.88. The minimum Gasteiger partial charge on any atom is -0.361 e. The monoisotopic (exact) mass is 335 g/mol. The molecule has 6 heteroatoms. The van der Waals surface area contributed by atoms with E-state index in [0.29, 0.717) is 11.6 Å². The second kappa shape index (κ2) is 6.84. The highest BCUT2D eigenvalue weighted by molar-refractivity contribution is 5.99. The van der Waals surface area contributed by atoms with Crippen molar-refractivity contribution in [3.8, 4) is 11.3 Å². The Kier molecular flexibility index (Phi) is 4.61. The van der Waals surface area contributed by atoms with Crippen molar-refractivity contribution in [2.45, 2.75) is 34.6 Å². The molecule has 0 radical (unpaired) electrons. The Morgan fingerprint density at radius 2 is 1.76 bits per heavy atom. The molecule has 3 aromatic rings. The van der Waals surface area contributed by atoms with E-state index in [4.69, 9.17) is 4.52 Å². The maximum atomic E-state index is 5.24. The third-order valence-corrected chi connectivity index (χ3v) is 3.93. The van der Waals surface area contributed by atoms with Gasteiger partial charge in [-0.25, -0.2) is 9.97 Å². The number of anilines is 1. The van der Waals surface area contributed by atoms with E-state index in [1.54, 1.807) is 0 Å². The summed E-state index contributed by atoms with van der Waals surface area (Å²) in [5.41, 5.74) is 8.67. The van der Waals surface area contributed by atoms with E-state index in [9.17, 15) is 0 Å². The molecule has 0 aliphatic carbocycles. The lowest BCUT2D eigenvalue weighted by molar-refractivity contribution is 0.393. The minimum atomic E-state index is 0.633. The average molecular weight is 335 g/mol. The Labute approximate surface area is 147 Å². The molecule has 0 aliphatic heterocycles. The Morgan fingerprint density at radius 3 is 2.40 bits per heavy atom. The lowest BCUT2D eigenvalue weighted by Gasteiger charge is -2.07. The fraction of sp³-hybridized carbons (Fsp3) is 0.263. The largest absolute Gasteiger partial charge is 0.361 e. The molecule has 0 unspecified atom stereocenters. The third kappa shape index (κ3) is 3.74. The van der Waals surface area contributed by atoms with Crippen LogP contribution in [0.2, 0.25) is 0 Å². The van der Waals surface area contributed by atoms with Crippen molar-refractivity contribution in [3.63, 3.8) is 0 Å². The zero-order valence-corrected chi connectivity index (χ0v) is 15.1. The molecule has 1 N–H and O–H groups in total. The van der Waals surface area contributed by atoms with Crippen LogP contribution in [0.1, 0.15) is 35.3 Å². The van der Waals surface area contributed by atoms with E-state index in [1.807, 2.05) is 33.8 Å². The molecule has 128 valence electrons. The predicted molar refractivity (Wildman–Crippen MR) is 98.8 cm³/mol. The second-order valence-electron chi connectivity index (χ2n) is 6.06. The van der Waals surface area contributed by atoms with Crippen molar-refractivity contribution in [2.75, 3.05) is 5.43 Å². The standard InChI is InChI=1S/C19H21N5O/c1-11-6-8-16(9-7-11)12(2)22-23-18-10-17(20-15(5)21-18)19-13(3)24-25-14(19)4/h6-10H,1-5H3,(H,20,21,23). The lowest BCUT2D eigenvalue weighted by Crippen LogP contribution is -2.03. The van der Waals surface area contributed by atoms with Crippen molar-refractivity contribution in [1.82, 2.24) is 15.1 Å². The van der Waals surface area contributed by atoms with Crippen LogP contribution in [0, 0.1) is 27.7 Å². The van der Waals surface area contributed by atoms with Gasteiger partial charge >= 0.3 is 0 Å². The van der Waals surface area contributed by atoms with Crippen LogP contribution in [0.3, 0.4) is 0 Å². The second-order valence-corrected chi connectivity index (χ2v) is 6.06. The van der Waals surface area contributed by atoms with Crippen molar-refractivity contribution in [3.05, 3.63) is 58.7 Å².